The van der Waals surface area contributed by atoms with Crippen molar-refractivity contribution in [2.24, 2.45) is 0 Å². The molecule has 0 bridgehead atoms. The molecular weight excluding hydrogens is 232 g/mol. The Balaban J connectivity index is 2.08. The monoisotopic (exact) mass is 239 g/mol. The largest absolute Gasteiger partial charge is 0.363 e. The predicted octanol–water partition coefficient (Wildman–Crippen LogP) is 2.60. The minimum absolute atomic E-state index is 0.138. The molecule has 0 unspecified atom stereocenters. The predicted molar refractivity (Wildman–Crippen MR) is 55.5 cm³/mol. The number of para-hydroxylation sites is 1. The number of anilines is 2. The van der Waals surface area contributed by atoms with Gasteiger partial charge in [-0.05, 0) is 12.1 Å². The van der Waals surface area contributed by atoms with Gasteiger partial charge in [-0.15, -0.1) is 0 Å². The van der Waals surface area contributed by atoms with Crippen LogP contribution in [0.25, 0.3) is 0 Å². The Morgan fingerprint density at radius 2 is 1.88 bits per heavy atom. The second-order valence-corrected chi connectivity index (χ2v) is 3.06. The third-order valence-corrected chi connectivity index (χ3v) is 1.88. The van der Waals surface area contributed by atoms with E-state index in [4.69, 9.17) is 0 Å². The molecule has 5 nitrogen and oxygen atoms in total. The van der Waals surface area contributed by atoms with E-state index in [9.17, 15) is 13.6 Å². The molecular formula is C10H7F2N3O2. The fraction of sp³-hybridized carbons (Fsp3) is 0. The highest BCUT2D eigenvalue weighted by Crippen LogP contribution is 2.18. The van der Waals surface area contributed by atoms with Crippen LogP contribution in [0.2, 0.25) is 0 Å². The molecule has 2 rings (SSSR count). The third-order valence-electron chi connectivity index (χ3n) is 1.88. The van der Waals surface area contributed by atoms with Crippen molar-refractivity contribution in [1.82, 2.24) is 5.16 Å². The van der Waals surface area contributed by atoms with E-state index in [1.807, 2.05) is 5.32 Å². The second-order valence-electron chi connectivity index (χ2n) is 3.06. The SMILES string of the molecule is O=C(Nc1ccon1)Nc1c(F)cccc1F. The van der Waals surface area contributed by atoms with Gasteiger partial charge in [0.2, 0.25) is 0 Å². The van der Waals surface area contributed by atoms with Gasteiger partial charge < -0.3 is 9.84 Å². The summed E-state index contributed by atoms with van der Waals surface area (Å²) in [4.78, 5) is 11.3. The summed E-state index contributed by atoms with van der Waals surface area (Å²) in [5.74, 6) is -1.58. The van der Waals surface area contributed by atoms with Crippen molar-refractivity contribution in [2.45, 2.75) is 0 Å². The van der Waals surface area contributed by atoms with Gasteiger partial charge in [-0.25, -0.2) is 13.6 Å². The number of amides is 2. The van der Waals surface area contributed by atoms with Crippen LogP contribution in [-0.4, -0.2) is 11.2 Å². The van der Waals surface area contributed by atoms with Gasteiger partial charge in [0.05, 0.1) is 0 Å². The Kier molecular flexibility index (Phi) is 2.99. The first-order valence-corrected chi connectivity index (χ1v) is 4.59. The highest BCUT2D eigenvalue weighted by molar-refractivity contribution is 5.99. The molecule has 2 amide bonds. The van der Waals surface area contributed by atoms with Crippen molar-refractivity contribution in [3.63, 3.8) is 0 Å². The molecule has 0 aliphatic heterocycles. The lowest BCUT2D eigenvalue weighted by molar-refractivity contribution is 0.261. The molecule has 1 aromatic heterocycles. The smallest absolute Gasteiger partial charge is 0.325 e. The average Bonchev–Trinajstić information content (AvgIpc) is 2.76. The molecule has 1 aromatic carbocycles. The molecule has 1 heterocycles. The fourth-order valence-corrected chi connectivity index (χ4v) is 1.16. The summed E-state index contributed by atoms with van der Waals surface area (Å²) in [7, 11) is 0. The number of halogens is 2. The molecule has 0 aliphatic rings. The quantitative estimate of drug-likeness (QED) is 0.846. The number of benzene rings is 1. The maximum Gasteiger partial charge on any atom is 0.325 e. The van der Waals surface area contributed by atoms with Gasteiger partial charge in [-0.3, -0.25) is 5.32 Å². The molecule has 0 saturated carbocycles. The van der Waals surface area contributed by atoms with Crippen LogP contribution >= 0.6 is 0 Å². The average molecular weight is 239 g/mol. The number of hydrogen-bond donors (Lipinski definition) is 2. The van der Waals surface area contributed by atoms with Crippen LogP contribution in [0.4, 0.5) is 25.1 Å². The Bertz CT molecular complexity index is 508. The molecule has 88 valence electrons. The number of rotatable bonds is 2. The molecule has 2 aromatic rings. The third kappa shape index (κ3) is 2.57. The zero-order valence-electron chi connectivity index (χ0n) is 8.41. The van der Waals surface area contributed by atoms with Crippen LogP contribution in [-0.2, 0) is 0 Å². The number of nitrogens with one attached hydrogen (secondary N) is 2. The summed E-state index contributed by atoms with van der Waals surface area (Å²) in [6, 6.07) is 3.84. The number of aromatic nitrogens is 1. The molecule has 0 aliphatic carbocycles. The van der Waals surface area contributed by atoms with E-state index >= 15 is 0 Å². The normalized spacial score (nSPS) is 10.0. The molecule has 7 heteroatoms. The number of hydrogen-bond acceptors (Lipinski definition) is 3. The van der Waals surface area contributed by atoms with Gasteiger partial charge in [-0.2, -0.15) is 0 Å². The van der Waals surface area contributed by atoms with Crippen molar-refractivity contribution in [2.75, 3.05) is 10.6 Å². The molecule has 17 heavy (non-hydrogen) atoms. The van der Waals surface area contributed by atoms with E-state index in [-0.39, 0.29) is 5.82 Å². The van der Waals surface area contributed by atoms with E-state index in [2.05, 4.69) is 15.0 Å². The lowest BCUT2D eigenvalue weighted by Crippen LogP contribution is -2.21. The Morgan fingerprint density at radius 1 is 1.18 bits per heavy atom. The summed E-state index contributed by atoms with van der Waals surface area (Å²) in [6.45, 7) is 0. The second kappa shape index (κ2) is 4.60. The Labute approximate surface area is 94.4 Å². The summed E-state index contributed by atoms with van der Waals surface area (Å²) in [6.07, 6.45) is 1.25. The first kappa shape index (κ1) is 11.1. The van der Waals surface area contributed by atoms with Crippen molar-refractivity contribution in [3.05, 3.63) is 42.2 Å². The van der Waals surface area contributed by atoms with Gasteiger partial charge in [0.25, 0.3) is 0 Å². The first-order valence-electron chi connectivity index (χ1n) is 4.59. The van der Waals surface area contributed by atoms with Crippen LogP contribution in [0.15, 0.2) is 35.1 Å². The number of carbonyl (C=O) groups excluding carboxylic acids is 1. The molecule has 0 radical (unpaired) electrons. The van der Waals surface area contributed by atoms with Gasteiger partial charge >= 0.3 is 6.03 Å². The zero-order valence-corrected chi connectivity index (χ0v) is 8.41. The van der Waals surface area contributed by atoms with E-state index in [0.717, 1.165) is 12.1 Å². The van der Waals surface area contributed by atoms with Crippen LogP contribution in [0.5, 0.6) is 0 Å². The summed E-state index contributed by atoms with van der Waals surface area (Å²) in [5.41, 5.74) is -0.520. The lowest BCUT2D eigenvalue weighted by atomic mass is 10.3. The highest BCUT2D eigenvalue weighted by Gasteiger charge is 2.12. The minimum atomic E-state index is -0.861. The van der Waals surface area contributed by atoms with Crippen molar-refractivity contribution in [1.29, 1.82) is 0 Å². The van der Waals surface area contributed by atoms with E-state index in [0.29, 0.717) is 0 Å². The van der Waals surface area contributed by atoms with E-state index in [1.165, 1.54) is 18.4 Å². The van der Waals surface area contributed by atoms with E-state index < -0.39 is 23.4 Å². The van der Waals surface area contributed by atoms with Gasteiger partial charge in [0.1, 0.15) is 23.6 Å². The van der Waals surface area contributed by atoms with Crippen molar-refractivity contribution in [3.8, 4) is 0 Å². The van der Waals surface area contributed by atoms with Crippen molar-refractivity contribution < 1.29 is 18.1 Å². The standard InChI is InChI=1S/C10H7F2N3O2/c11-6-2-1-3-7(12)9(6)14-10(16)13-8-4-5-17-15-8/h1-5H,(H2,13,14,15,16). The van der Waals surface area contributed by atoms with Crippen LogP contribution in [0, 0.1) is 11.6 Å². The Hall–Kier alpha value is -2.44. The van der Waals surface area contributed by atoms with Crippen LogP contribution in [0.1, 0.15) is 0 Å². The molecule has 0 saturated heterocycles. The summed E-state index contributed by atoms with van der Waals surface area (Å²) >= 11 is 0. The van der Waals surface area contributed by atoms with Gasteiger partial charge in [0, 0.05) is 6.07 Å². The first-order chi connectivity index (χ1) is 8.16. The zero-order chi connectivity index (χ0) is 12.3. The maximum atomic E-state index is 13.2. The maximum absolute atomic E-state index is 13.2. The molecule has 2 N–H and O–H groups in total. The lowest BCUT2D eigenvalue weighted by Gasteiger charge is -2.06. The fourth-order valence-electron chi connectivity index (χ4n) is 1.16. The highest BCUT2D eigenvalue weighted by atomic mass is 19.1. The number of carbonyl (C=O) groups is 1. The van der Waals surface area contributed by atoms with Crippen molar-refractivity contribution >= 4 is 17.5 Å². The molecule has 0 atom stereocenters. The van der Waals surface area contributed by atoms with Gasteiger partial charge in [-0.1, -0.05) is 11.2 Å². The molecule has 0 spiro atoms. The topological polar surface area (TPSA) is 67.2 Å². The Morgan fingerprint density at radius 3 is 2.47 bits per heavy atom. The van der Waals surface area contributed by atoms with Gasteiger partial charge in [0.15, 0.2) is 5.82 Å². The van der Waals surface area contributed by atoms with Crippen LogP contribution in [0.3, 0.4) is 0 Å². The minimum Gasteiger partial charge on any atom is -0.363 e. The van der Waals surface area contributed by atoms with E-state index in [1.54, 1.807) is 0 Å². The van der Waals surface area contributed by atoms with Crippen LogP contribution < -0.4 is 10.6 Å². The number of urea groups is 1. The molecule has 0 fully saturated rings. The summed E-state index contributed by atoms with van der Waals surface area (Å²) < 4.78 is 30.8. The number of nitrogens with zero attached hydrogens (tertiary/aromatic N) is 1. The summed E-state index contributed by atoms with van der Waals surface area (Å²) in [5, 5.41) is 7.68.